The topological polar surface area (TPSA) is 58.1 Å². The van der Waals surface area contributed by atoms with Gasteiger partial charge >= 0.3 is 0 Å². The molecule has 1 atom stereocenters. The molecule has 5 heteroatoms. The number of benzene rings is 2. The number of pyridine rings is 1. The molecule has 1 unspecified atom stereocenters. The highest BCUT2D eigenvalue weighted by Crippen LogP contribution is 2.35. The molecule has 0 radical (unpaired) electrons. The number of aromatic nitrogens is 2. The maximum atomic E-state index is 14.2. The molecule has 0 aliphatic heterocycles. The lowest BCUT2D eigenvalue weighted by molar-refractivity contribution is 0.157. The van der Waals surface area contributed by atoms with E-state index in [0.717, 1.165) is 40.8 Å². The van der Waals surface area contributed by atoms with Crippen LogP contribution in [0, 0.1) is 5.82 Å². The molecule has 0 fully saturated rings. The number of para-hydroxylation sites is 1. The maximum Gasteiger partial charge on any atom is 0.165 e. The standard InChI is InChI=1S/C23H21FN2O2/c1-28-21-9-6-13(10-17(21)24)11-20-23-22(15-4-2-3-5-18(15)26-23)16-8-7-14(27)12-19(16)25-20/h2-6,9-10,14,26-27H,7-8,11-12H2,1H3. The summed E-state index contributed by atoms with van der Waals surface area (Å²) in [6, 6.07) is 13.3. The molecule has 0 saturated heterocycles. The van der Waals surface area contributed by atoms with Crippen LogP contribution in [0.3, 0.4) is 0 Å². The minimum atomic E-state index is -0.374. The molecule has 0 amide bonds. The van der Waals surface area contributed by atoms with Crippen molar-refractivity contribution in [1.82, 2.24) is 9.97 Å². The summed E-state index contributed by atoms with van der Waals surface area (Å²) in [4.78, 5) is 8.43. The summed E-state index contributed by atoms with van der Waals surface area (Å²) in [5, 5.41) is 12.5. The first kappa shape index (κ1) is 17.2. The molecule has 5 rings (SSSR count). The molecule has 1 aliphatic carbocycles. The number of nitrogens with one attached hydrogen (secondary N) is 1. The van der Waals surface area contributed by atoms with E-state index in [-0.39, 0.29) is 17.7 Å². The van der Waals surface area contributed by atoms with Crippen molar-refractivity contribution in [3.8, 4) is 5.75 Å². The van der Waals surface area contributed by atoms with Crippen LogP contribution in [0.1, 0.15) is 28.9 Å². The summed E-state index contributed by atoms with van der Waals surface area (Å²) in [5.41, 5.74) is 5.97. The number of nitrogens with zero attached hydrogens (tertiary/aromatic N) is 1. The van der Waals surface area contributed by atoms with E-state index in [0.29, 0.717) is 12.8 Å². The number of aryl methyl sites for hydroxylation is 1. The normalized spacial score (nSPS) is 16.5. The molecule has 0 bridgehead atoms. The van der Waals surface area contributed by atoms with E-state index < -0.39 is 0 Å². The largest absolute Gasteiger partial charge is 0.494 e. The van der Waals surface area contributed by atoms with Crippen LogP contribution >= 0.6 is 0 Å². The number of H-pyrrole nitrogens is 1. The van der Waals surface area contributed by atoms with Crippen molar-refractivity contribution in [3.05, 3.63) is 70.8 Å². The molecule has 4 nitrogen and oxygen atoms in total. The van der Waals surface area contributed by atoms with Crippen molar-refractivity contribution in [2.45, 2.75) is 31.8 Å². The van der Waals surface area contributed by atoms with Gasteiger partial charge in [-0.15, -0.1) is 0 Å². The lowest BCUT2D eigenvalue weighted by Gasteiger charge is -2.22. The second-order valence-electron chi connectivity index (χ2n) is 7.45. The third-order valence-electron chi connectivity index (χ3n) is 5.66. The van der Waals surface area contributed by atoms with E-state index in [4.69, 9.17) is 9.72 Å². The van der Waals surface area contributed by atoms with Crippen molar-refractivity contribution in [1.29, 1.82) is 0 Å². The monoisotopic (exact) mass is 376 g/mol. The van der Waals surface area contributed by atoms with Gasteiger partial charge in [0.2, 0.25) is 0 Å². The molecule has 2 N–H and O–H groups in total. The molecule has 142 valence electrons. The molecule has 28 heavy (non-hydrogen) atoms. The van der Waals surface area contributed by atoms with E-state index >= 15 is 0 Å². The Hall–Kier alpha value is -2.92. The summed E-state index contributed by atoms with van der Waals surface area (Å²) in [6.45, 7) is 0. The van der Waals surface area contributed by atoms with Crippen LogP contribution in [0.4, 0.5) is 4.39 Å². The zero-order valence-electron chi connectivity index (χ0n) is 15.6. The highest BCUT2D eigenvalue weighted by Gasteiger charge is 2.24. The van der Waals surface area contributed by atoms with Gasteiger partial charge in [0.25, 0.3) is 0 Å². The number of hydrogen-bond acceptors (Lipinski definition) is 3. The number of halogens is 1. The number of methoxy groups -OCH3 is 1. The fourth-order valence-corrected chi connectivity index (χ4v) is 4.32. The fourth-order valence-electron chi connectivity index (χ4n) is 4.32. The van der Waals surface area contributed by atoms with Gasteiger partial charge in [0.15, 0.2) is 11.6 Å². The first-order valence-corrected chi connectivity index (χ1v) is 9.55. The molecule has 2 aromatic heterocycles. The average molecular weight is 376 g/mol. The lowest BCUT2D eigenvalue weighted by atomic mass is 9.89. The van der Waals surface area contributed by atoms with E-state index in [2.05, 4.69) is 17.1 Å². The fraction of sp³-hybridized carbons (Fsp3) is 0.261. The van der Waals surface area contributed by atoms with Crippen LogP contribution in [-0.2, 0) is 19.3 Å². The highest BCUT2D eigenvalue weighted by atomic mass is 19.1. The Balaban J connectivity index is 1.71. The summed E-state index contributed by atoms with van der Waals surface area (Å²) >= 11 is 0. The van der Waals surface area contributed by atoms with Gasteiger partial charge < -0.3 is 14.8 Å². The van der Waals surface area contributed by atoms with Crippen LogP contribution in [0.5, 0.6) is 5.75 Å². The Labute approximate surface area is 162 Å². The number of fused-ring (bicyclic) bond motifs is 5. The first-order valence-electron chi connectivity index (χ1n) is 9.55. The Morgan fingerprint density at radius 2 is 2.11 bits per heavy atom. The van der Waals surface area contributed by atoms with Crippen molar-refractivity contribution < 1.29 is 14.2 Å². The summed E-state index contributed by atoms with van der Waals surface area (Å²) < 4.78 is 19.2. The van der Waals surface area contributed by atoms with Crippen molar-refractivity contribution in [3.63, 3.8) is 0 Å². The Kier molecular flexibility index (Phi) is 4.05. The van der Waals surface area contributed by atoms with Gasteiger partial charge in [-0.3, -0.25) is 4.98 Å². The van der Waals surface area contributed by atoms with Gasteiger partial charge in [-0.1, -0.05) is 24.3 Å². The van der Waals surface area contributed by atoms with Crippen molar-refractivity contribution in [2.75, 3.05) is 7.11 Å². The van der Waals surface area contributed by atoms with Gasteiger partial charge in [0.05, 0.1) is 24.4 Å². The number of hydrogen-bond donors (Lipinski definition) is 2. The number of aliphatic hydroxyl groups is 1. The lowest BCUT2D eigenvalue weighted by Crippen LogP contribution is -2.21. The quantitative estimate of drug-likeness (QED) is 0.560. The Morgan fingerprint density at radius 1 is 1.25 bits per heavy atom. The molecular weight excluding hydrogens is 355 g/mol. The van der Waals surface area contributed by atoms with E-state index in [1.54, 1.807) is 6.07 Å². The third-order valence-corrected chi connectivity index (χ3v) is 5.66. The number of aliphatic hydroxyl groups excluding tert-OH is 1. The van der Waals surface area contributed by atoms with Crippen LogP contribution < -0.4 is 4.74 Å². The second-order valence-corrected chi connectivity index (χ2v) is 7.45. The minimum Gasteiger partial charge on any atom is -0.494 e. The molecule has 1 aliphatic rings. The van der Waals surface area contributed by atoms with E-state index in [1.165, 1.54) is 29.5 Å². The van der Waals surface area contributed by atoms with Gasteiger partial charge in [-0.25, -0.2) is 4.39 Å². The van der Waals surface area contributed by atoms with Crippen LogP contribution in [0.15, 0.2) is 42.5 Å². The number of ether oxygens (including phenoxy) is 1. The summed E-state index contributed by atoms with van der Waals surface area (Å²) in [6.07, 6.45) is 2.29. The number of aromatic amines is 1. The molecular formula is C23H21FN2O2. The minimum absolute atomic E-state index is 0.237. The van der Waals surface area contributed by atoms with Crippen LogP contribution in [0.2, 0.25) is 0 Å². The first-order chi connectivity index (χ1) is 13.6. The molecule has 4 aromatic rings. The third kappa shape index (κ3) is 2.74. The van der Waals surface area contributed by atoms with Gasteiger partial charge in [0, 0.05) is 34.8 Å². The molecule has 2 aromatic carbocycles. The molecule has 0 spiro atoms. The van der Waals surface area contributed by atoms with Gasteiger partial charge in [0.1, 0.15) is 0 Å². The molecule has 0 saturated carbocycles. The van der Waals surface area contributed by atoms with Gasteiger partial charge in [-0.05, 0) is 42.2 Å². The Morgan fingerprint density at radius 3 is 2.93 bits per heavy atom. The van der Waals surface area contributed by atoms with Crippen LogP contribution in [0.25, 0.3) is 21.8 Å². The maximum absolute atomic E-state index is 14.2. The predicted molar refractivity (Wildman–Crippen MR) is 107 cm³/mol. The Bertz CT molecular complexity index is 1200. The number of rotatable bonds is 3. The van der Waals surface area contributed by atoms with Gasteiger partial charge in [-0.2, -0.15) is 0 Å². The summed E-state index contributed by atoms with van der Waals surface area (Å²) in [7, 11) is 1.46. The van der Waals surface area contributed by atoms with Crippen LogP contribution in [-0.4, -0.2) is 28.3 Å². The zero-order chi connectivity index (χ0) is 19.3. The predicted octanol–water partition coefficient (Wildman–Crippen LogP) is 4.30. The smallest absolute Gasteiger partial charge is 0.165 e. The second kappa shape index (κ2) is 6.60. The van der Waals surface area contributed by atoms with E-state index in [1.807, 2.05) is 18.2 Å². The summed E-state index contributed by atoms with van der Waals surface area (Å²) in [5.74, 6) is -0.137. The zero-order valence-corrected chi connectivity index (χ0v) is 15.6. The van der Waals surface area contributed by atoms with Crippen molar-refractivity contribution in [2.24, 2.45) is 0 Å². The SMILES string of the molecule is COc1ccc(Cc2nc3c(c4c2[nH]c2ccccc24)CCC(O)C3)cc1F. The van der Waals surface area contributed by atoms with Crippen molar-refractivity contribution >= 4 is 21.8 Å². The average Bonchev–Trinajstić information content (AvgIpc) is 3.08. The van der Waals surface area contributed by atoms with E-state index in [9.17, 15) is 9.50 Å². The highest BCUT2D eigenvalue weighted by molar-refractivity contribution is 6.10. The molecule has 2 heterocycles.